The van der Waals surface area contributed by atoms with Crippen molar-refractivity contribution < 1.29 is 13.7 Å². The number of rotatable bonds is 4. The van der Waals surface area contributed by atoms with Crippen molar-refractivity contribution in [1.82, 2.24) is 15.0 Å². The van der Waals surface area contributed by atoms with Gasteiger partial charge in [-0.3, -0.25) is 4.79 Å². The fourth-order valence-corrected chi connectivity index (χ4v) is 2.96. The van der Waals surface area contributed by atoms with Crippen LogP contribution in [0.25, 0.3) is 11.4 Å². The van der Waals surface area contributed by atoms with Gasteiger partial charge in [0.25, 0.3) is 0 Å². The van der Waals surface area contributed by atoms with E-state index >= 15 is 0 Å². The van der Waals surface area contributed by atoms with E-state index in [0.717, 1.165) is 25.9 Å². The van der Waals surface area contributed by atoms with E-state index in [1.165, 1.54) is 18.6 Å². The lowest BCUT2D eigenvalue weighted by atomic mass is 10.0. The summed E-state index contributed by atoms with van der Waals surface area (Å²) >= 11 is 0. The topological polar surface area (TPSA) is 59.2 Å². The second-order valence-corrected chi connectivity index (χ2v) is 6.44. The van der Waals surface area contributed by atoms with Gasteiger partial charge in [-0.05, 0) is 49.4 Å². The quantitative estimate of drug-likeness (QED) is 0.861. The lowest BCUT2D eigenvalue weighted by molar-refractivity contribution is -0.131. The van der Waals surface area contributed by atoms with Crippen molar-refractivity contribution >= 4 is 5.91 Å². The van der Waals surface area contributed by atoms with E-state index in [4.69, 9.17) is 4.52 Å². The third-order valence-corrected chi connectivity index (χ3v) is 4.49. The van der Waals surface area contributed by atoms with Crippen LogP contribution in [0, 0.1) is 11.7 Å². The molecule has 1 fully saturated rings. The summed E-state index contributed by atoms with van der Waals surface area (Å²) in [4.78, 5) is 18.6. The van der Waals surface area contributed by atoms with Crippen LogP contribution < -0.4 is 0 Å². The van der Waals surface area contributed by atoms with E-state index in [-0.39, 0.29) is 11.7 Å². The Hall–Kier alpha value is -2.24. The summed E-state index contributed by atoms with van der Waals surface area (Å²) in [6.45, 7) is 3.92. The largest absolute Gasteiger partial charge is 0.343 e. The Kier molecular flexibility index (Phi) is 5.23. The molecule has 1 saturated heterocycles. The summed E-state index contributed by atoms with van der Waals surface area (Å²) in [5.74, 6) is 1.38. The third-order valence-electron chi connectivity index (χ3n) is 4.49. The van der Waals surface area contributed by atoms with Gasteiger partial charge < -0.3 is 9.42 Å². The highest BCUT2D eigenvalue weighted by Gasteiger charge is 2.19. The molecule has 2 aromatic rings. The van der Waals surface area contributed by atoms with Crippen molar-refractivity contribution in [2.75, 3.05) is 13.1 Å². The first-order chi connectivity index (χ1) is 11.6. The monoisotopic (exact) mass is 331 g/mol. The Balaban J connectivity index is 1.55. The minimum atomic E-state index is -0.306. The number of likely N-dealkylation sites (tertiary alicyclic amines) is 1. The molecule has 0 radical (unpaired) electrons. The summed E-state index contributed by atoms with van der Waals surface area (Å²) in [6.07, 6.45) is 4.14. The molecule has 0 saturated carbocycles. The number of amides is 1. The number of aromatic nitrogens is 2. The average molecular weight is 331 g/mol. The molecule has 1 amide bonds. The van der Waals surface area contributed by atoms with Gasteiger partial charge in [-0.15, -0.1) is 0 Å². The minimum absolute atomic E-state index is 0.144. The van der Waals surface area contributed by atoms with Crippen LogP contribution in [0.1, 0.15) is 38.5 Å². The first-order valence-corrected chi connectivity index (χ1v) is 8.48. The molecule has 1 aromatic heterocycles. The second kappa shape index (κ2) is 7.55. The standard InChI is InChI=1S/C18H22FN3O2/c1-13-3-2-11-22(12-10-13)17(23)9-8-16-20-18(21-24-16)14-4-6-15(19)7-5-14/h4-7,13H,2-3,8-12H2,1H3/t13-/m1/s1. The summed E-state index contributed by atoms with van der Waals surface area (Å²) in [6, 6.07) is 5.92. The van der Waals surface area contributed by atoms with E-state index in [9.17, 15) is 9.18 Å². The van der Waals surface area contributed by atoms with Crippen molar-refractivity contribution in [2.24, 2.45) is 5.92 Å². The third kappa shape index (κ3) is 4.19. The highest BCUT2D eigenvalue weighted by molar-refractivity contribution is 5.76. The normalized spacial score (nSPS) is 18.4. The predicted octanol–water partition coefficient (Wildman–Crippen LogP) is 3.46. The molecule has 0 unspecified atom stereocenters. The molecule has 2 heterocycles. The van der Waals surface area contributed by atoms with Crippen molar-refractivity contribution in [2.45, 2.75) is 39.0 Å². The van der Waals surface area contributed by atoms with E-state index in [2.05, 4.69) is 17.1 Å². The maximum absolute atomic E-state index is 12.9. The number of nitrogens with zero attached hydrogens (tertiary/aromatic N) is 3. The Morgan fingerprint density at radius 1 is 1.29 bits per heavy atom. The zero-order valence-electron chi connectivity index (χ0n) is 13.9. The molecule has 1 aliphatic rings. The van der Waals surface area contributed by atoms with Crippen molar-refractivity contribution in [1.29, 1.82) is 0 Å². The van der Waals surface area contributed by atoms with Crippen LogP contribution in [0.3, 0.4) is 0 Å². The van der Waals surface area contributed by atoms with Crippen LogP contribution >= 0.6 is 0 Å². The number of aryl methyl sites for hydroxylation is 1. The molecule has 5 nitrogen and oxygen atoms in total. The molecule has 0 bridgehead atoms. The van der Waals surface area contributed by atoms with Crippen LogP contribution in [-0.2, 0) is 11.2 Å². The summed E-state index contributed by atoms with van der Waals surface area (Å²) < 4.78 is 18.1. The van der Waals surface area contributed by atoms with Gasteiger partial charge in [0.1, 0.15) is 5.82 Å². The number of hydrogen-bond acceptors (Lipinski definition) is 4. The molecule has 1 aliphatic heterocycles. The fourth-order valence-electron chi connectivity index (χ4n) is 2.96. The lowest BCUT2D eigenvalue weighted by Crippen LogP contribution is -2.32. The SMILES string of the molecule is C[C@@H]1CCCN(C(=O)CCc2nc(-c3ccc(F)cc3)no2)CC1. The van der Waals surface area contributed by atoms with Crippen LogP contribution in [-0.4, -0.2) is 34.0 Å². The number of benzene rings is 1. The Labute approximate surface area is 140 Å². The van der Waals surface area contributed by atoms with E-state index in [1.54, 1.807) is 12.1 Å². The molecule has 1 atom stereocenters. The van der Waals surface area contributed by atoms with Gasteiger partial charge in [0.15, 0.2) is 0 Å². The van der Waals surface area contributed by atoms with E-state index < -0.39 is 0 Å². The van der Waals surface area contributed by atoms with E-state index in [0.29, 0.717) is 36.0 Å². The molecule has 1 aromatic carbocycles. The lowest BCUT2D eigenvalue weighted by Gasteiger charge is -2.20. The van der Waals surface area contributed by atoms with Gasteiger partial charge in [-0.1, -0.05) is 12.1 Å². The van der Waals surface area contributed by atoms with E-state index in [1.807, 2.05) is 4.90 Å². The Morgan fingerprint density at radius 3 is 2.88 bits per heavy atom. The number of carbonyl (C=O) groups excluding carboxylic acids is 1. The average Bonchev–Trinajstić information content (AvgIpc) is 2.94. The zero-order valence-corrected chi connectivity index (χ0v) is 13.9. The highest BCUT2D eigenvalue weighted by atomic mass is 19.1. The van der Waals surface area contributed by atoms with Gasteiger partial charge in [-0.25, -0.2) is 4.39 Å². The summed E-state index contributed by atoms with van der Waals surface area (Å²) in [7, 11) is 0. The molecule has 128 valence electrons. The predicted molar refractivity (Wildman–Crippen MR) is 87.6 cm³/mol. The Morgan fingerprint density at radius 2 is 2.08 bits per heavy atom. The van der Waals surface area contributed by atoms with Crippen LogP contribution in [0.4, 0.5) is 4.39 Å². The first kappa shape index (κ1) is 16.6. The smallest absolute Gasteiger partial charge is 0.227 e. The van der Waals surface area contributed by atoms with Crippen LogP contribution in [0.15, 0.2) is 28.8 Å². The number of hydrogen-bond donors (Lipinski definition) is 0. The van der Waals surface area contributed by atoms with Gasteiger partial charge >= 0.3 is 0 Å². The van der Waals surface area contributed by atoms with Gasteiger partial charge in [0.05, 0.1) is 0 Å². The minimum Gasteiger partial charge on any atom is -0.343 e. The Bertz CT molecular complexity index is 684. The number of carbonyl (C=O) groups is 1. The molecule has 0 N–H and O–H groups in total. The molecule has 6 heteroatoms. The van der Waals surface area contributed by atoms with Gasteiger partial charge in [0.2, 0.25) is 17.6 Å². The van der Waals surface area contributed by atoms with Crippen molar-refractivity contribution in [3.8, 4) is 11.4 Å². The van der Waals surface area contributed by atoms with Crippen molar-refractivity contribution in [3.63, 3.8) is 0 Å². The molecular formula is C18H22FN3O2. The van der Waals surface area contributed by atoms with Gasteiger partial charge in [0, 0.05) is 31.5 Å². The van der Waals surface area contributed by atoms with Crippen LogP contribution in [0.2, 0.25) is 0 Å². The summed E-state index contributed by atoms with van der Waals surface area (Å²) in [5.41, 5.74) is 0.694. The molecule has 0 aliphatic carbocycles. The zero-order chi connectivity index (χ0) is 16.9. The summed E-state index contributed by atoms with van der Waals surface area (Å²) in [5, 5.41) is 3.90. The van der Waals surface area contributed by atoms with Crippen LogP contribution in [0.5, 0.6) is 0 Å². The molecular weight excluding hydrogens is 309 g/mol. The molecule has 0 spiro atoms. The molecule has 3 rings (SSSR count). The maximum atomic E-state index is 12.9. The first-order valence-electron chi connectivity index (χ1n) is 8.48. The second-order valence-electron chi connectivity index (χ2n) is 6.44. The molecule has 24 heavy (non-hydrogen) atoms. The fraction of sp³-hybridized carbons (Fsp3) is 0.500. The maximum Gasteiger partial charge on any atom is 0.227 e. The highest BCUT2D eigenvalue weighted by Crippen LogP contribution is 2.19. The number of halogens is 1. The van der Waals surface area contributed by atoms with Gasteiger partial charge in [-0.2, -0.15) is 4.98 Å². The van der Waals surface area contributed by atoms with Crippen molar-refractivity contribution in [3.05, 3.63) is 36.0 Å².